The summed E-state index contributed by atoms with van der Waals surface area (Å²) in [5, 5.41) is 5.49. The Bertz CT molecular complexity index is 830. The molecule has 1 fully saturated rings. The molecule has 0 radical (unpaired) electrons. The summed E-state index contributed by atoms with van der Waals surface area (Å²) in [6, 6.07) is 4.08. The van der Waals surface area contributed by atoms with Gasteiger partial charge in [-0.3, -0.25) is 9.59 Å². The molecular formula is C22H32N4O5. The van der Waals surface area contributed by atoms with Gasteiger partial charge < -0.3 is 29.9 Å². The van der Waals surface area contributed by atoms with Crippen molar-refractivity contribution in [1.82, 2.24) is 15.5 Å². The van der Waals surface area contributed by atoms with Gasteiger partial charge >= 0.3 is 6.09 Å². The monoisotopic (exact) mass is 432 g/mol. The molecule has 1 saturated heterocycles. The number of fused-ring (bicyclic) bond motifs is 1. The van der Waals surface area contributed by atoms with Crippen LogP contribution in [0.2, 0.25) is 0 Å². The van der Waals surface area contributed by atoms with Gasteiger partial charge in [-0.25, -0.2) is 4.79 Å². The second-order valence-corrected chi connectivity index (χ2v) is 8.89. The standard InChI is InChI=1S/C22H32N4O5/c1-22(2,3)31-21(29)24-16-14-30-18-8-7-15(13-17(18)25(4)20(16)28)19(27)23-9-12-26-10-5-6-11-26/h7-8,13,16H,5-6,9-12,14H2,1-4H3,(H,23,27)(H,24,29). The molecule has 170 valence electrons. The molecule has 0 aliphatic carbocycles. The van der Waals surface area contributed by atoms with Crippen LogP contribution in [0.1, 0.15) is 44.0 Å². The number of carbonyl (C=O) groups is 3. The second kappa shape index (κ2) is 9.55. The van der Waals surface area contributed by atoms with E-state index < -0.39 is 17.7 Å². The summed E-state index contributed by atoms with van der Waals surface area (Å²) in [6.45, 7) is 8.78. The van der Waals surface area contributed by atoms with E-state index in [0.717, 1.165) is 19.6 Å². The van der Waals surface area contributed by atoms with Crippen molar-refractivity contribution in [2.75, 3.05) is 44.7 Å². The fraction of sp³-hybridized carbons (Fsp3) is 0.591. The van der Waals surface area contributed by atoms with Crippen molar-refractivity contribution >= 4 is 23.6 Å². The zero-order valence-electron chi connectivity index (χ0n) is 18.7. The third kappa shape index (κ3) is 6.10. The highest BCUT2D eigenvalue weighted by atomic mass is 16.6. The van der Waals surface area contributed by atoms with E-state index in [1.165, 1.54) is 17.7 Å². The molecule has 2 N–H and O–H groups in total. The van der Waals surface area contributed by atoms with Crippen LogP contribution in [-0.2, 0) is 9.53 Å². The van der Waals surface area contributed by atoms with E-state index in [9.17, 15) is 14.4 Å². The van der Waals surface area contributed by atoms with E-state index in [1.807, 2.05) is 0 Å². The Kier molecular flexibility index (Phi) is 7.04. The first-order chi connectivity index (χ1) is 14.6. The molecule has 31 heavy (non-hydrogen) atoms. The smallest absolute Gasteiger partial charge is 0.408 e. The Morgan fingerprint density at radius 2 is 1.94 bits per heavy atom. The molecular weight excluding hydrogens is 400 g/mol. The zero-order valence-corrected chi connectivity index (χ0v) is 18.7. The van der Waals surface area contributed by atoms with Crippen LogP contribution in [0.5, 0.6) is 5.75 Å². The molecule has 0 bridgehead atoms. The highest BCUT2D eigenvalue weighted by Crippen LogP contribution is 2.31. The quantitative estimate of drug-likeness (QED) is 0.736. The van der Waals surface area contributed by atoms with Gasteiger partial charge in [0.15, 0.2) is 0 Å². The molecule has 1 aromatic rings. The van der Waals surface area contributed by atoms with Crippen LogP contribution in [0.4, 0.5) is 10.5 Å². The normalized spacial score (nSPS) is 19.3. The number of amides is 3. The average Bonchev–Trinajstić information content (AvgIpc) is 3.18. The number of nitrogens with one attached hydrogen (secondary N) is 2. The summed E-state index contributed by atoms with van der Waals surface area (Å²) < 4.78 is 11.0. The lowest BCUT2D eigenvalue weighted by Crippen LogP contribution is -2.50. The van der Waals surface area contributed by atoms with Gasteiger partial charge in [-0.2, -0.15) is 0 Å². The molecule has 3 rings (SSSR count). The van der Waals surface area contributed by atoms with Crippen molar-refractivity contribution in [2.45, 2.75) is 45.3 Å². The molecule has 1 aromatic carbocycles. The minimum atomic E-state index is -0.898. The minimum absolute atomic E-state index is 0.0310. The van der Waals surface area contributed by atoms with Gasteiger partial charge in [-0.15, -0.1) is 0 Å². The summed E-state index contributed by atoms with van der Waals surface area (Å²) in [7, 11) is 1.59. The number of hydrogen-bond donors (Lipinski definition) is 2. The molecule has 0 aromatic heterocycles. The minimum Gasteiger partial charge on any atom is -0.489 e. The number of hydrogen-bond acceptors (Lipinski definition) is 6. The highest BCUT2D eigenvalue weighted by Gasteiger charge is 2.32. The molecule has 1 unspecified atom stereocenters. The zero-order chi connectivity index (χ0) is 22.6. The van der Waals surface area contributed by atoms with E-state index in [-0.39, 0.29) is 18.4 Å². The number of benzene rings is 1. The number of likely N-dealkylation sites (tertiary alicyclic amines) is 1. The largest absolute Gasteiger partial charge is 0.489 e. The van der Waals surface area contributed by atoms with Crippen LogP contribution >= 0.6 is 0 Å². The van der Waals surface area contributed by atoms with Gasteiger partial charge in [0, 0.05) is 25.7 Å². The molecule has 2 heterocycles. The highest BCUT2D eigenvalue weighted by molar-refractivity contribution is 6.02. The predicted molar refractivity (Wildman–Crippen MR) is 117 cm³/mol. The molecule has 0 spiro atoms. The third-order valence-corrected chi connectivity index (χ3v) is 5.22. The van der Waals surface area contributed by atoms with Crippen molar-refractivity contribution in [1.29, 1.82) is 0 Å². The lowest BCUT2D eigenvalue weighted by molar-refractivity contribution is -0.120. The summed E-state index contributed by atoms with van der Waals surface area (Å²) in [5.41, 5.74) is 0.248. The lowest BCUT2D eigenvalue weighted by atomic mass is 10.1. The van der Waals surface area contributed by atoms with Gasteiger partial charge in [0.2, 0.25) is 0 Å². The lowest BCUT2D eigenvalue weighted by Gasteiger charge is -2.23. The van der Waals surface area contributed by atoms with Gasteiger partial charge in [-0.1, -0.05) is 0 Å². The average molecular weight is 433 g/mol. The van der Waals surface area contributed by atoms with Gasteiger partial charge in [0.25, 0.3) is 11.8 Å². The van der Waals surface area contributed by atoms with Crippen LogP contribution in [0.25, 0.3) is 0 Å². The van der Waals surface area contributed by atoms with Gasteiger partial charge in [0.05, 0.1) is 5.69 Å². The van der Waals surface area contributed by atoms with E-state index >= 15 is 0 Å². The predicted octanol–water partition coefficient (Wildman–Crippen LogP) is 1.76. The Hall–Kier alpha value is -2.81. The van der Waals surface area contributed by atoms with Crippen molar-refractivity contribution in [2.24, 2.45) is 0 Å². The molecule has 9 nitrogen and oxygen atoms in total. The van der Waals surface area contributed by atoms with Crippen LogP contribution in [0, 0.1) is 0 Å². The van der Waals surface area contributed by atoms with Crippen LogP contribution in [0.15, 0.2) is 18.2 Å². The van der Waals surface area contributed by atoms with Crippen LogP contribution in [0.3, 0.4) is 0 Å². The van der Waals surface area contributed by atoms with Crippen molar-refractivity contribution in [3.8, 4) is 5.75 Å². The summed E-state index contributed by atoms with van der Waals surface area (Å²) in [5.74, 6) is -0.0790. The molecule has 2 aliphatic rings. The Morgan fingerprint density at radius 1 is 1.23 bits per heavy atom. The van der Waals surface area contributed by atoms with Crippen molar-refractivity contribution < 1.29 is 23.9 Å². The first kappa shape index (κ1) is 22.9. The summed E-state index contributed by atoms with van der Waals surface area (Å²) in [4.78, 5) is 41.3. The SMILES string of the molecule is CN1C(=O)C(NC(=O)OC(C)(C)C)COc2ccc(C(=O)NCCN3CCCC3)cc21. The molecule has 0 saturated carbocycles. The van der Waals surface area contributed by atoms with Gasteiger partial charge in [0.1, 0.15) is 24.0 Å². The number of likely N-dealkylation sites (N-methyl/N-ethyl adjacent to an activating group) is 1. The van der Waals surface area contributed by atoms with E-state index in [0.29, 0.717) is 23.5 Å². The maximum atomic E-state index is 12.9. The van der Waals surface area contributed by atoms with Crippen LogP contribution < -0.4 is 20.3 Å². The fourth-order valence-corrected chi connectivity index (χ4v) is 3.63. The summed E-state index contributed by atoms with van der Waals surface area (Å²) >= 11 is 0. The van der Waals surface area contributed by atoms with Gasteiger partial charge in [-0.05, 0) is 64.9 Å². The first-order valence-corrected chi connectivity index (χ1v) is 10.7. The maximum Gasteiger partial charge on any atom is 0.408 e. The molecule has 3 amide bonds. The number of ether oxygens (including phenoxy) is 2. The van der Waals surface area contributed by atoms with E-state index in [2.05, 4.69) is 15.5 Å². The molecule has 2 aliphatic heterocycles. The molecule has 1 atom stereocenters. The Morgan fingerprint density at radius 3 is 2.61 bits per heavy atom. The van der Waals surface area contributed by atoms with E-state index in [4.69, 9.17) is 9.47 Å². The number of rotatable bonds is 5. The Balaban J connectivity index is 1.63. The van der Waals surface area contributed by atoms with Crippen LogP contribution in [-0.4, -0.2) is 74.3 Å². The first-order valence-electron chi connectivity index (χ1n) is 10.7. The topological polar surface area (TPSA) is 100 Å². The fourth-order valence-electron chi connectivity index (χ4n) is 3.63. The Labute approximate surface area is 183 Å². The maximum absolute atomic E-state index is 12.9. The summed E-state index contributed by atoms with van der Waals surface area (Å²) in [6.07, 6.45) is 1.73. The van der Waals surface area contributed by atoms with Crippen molar-refractivity contribution in [3.05, 3.63) is 23.8 Å². The third-order valence-electron chi connectivity index (χ3n) is 5.22. The van der Waals surface area contributed by atoms with E-state index in [1.54, 1.807) is 46.0 Å². The number of carbonyl (C=O) groups excluding carboxylic acids is 3. The number of alkyl carbamates (subject to hydrolysis) is 1. The second-order valence-electron chi connectivity index (χ2n) is 8.89. The number of anilines is 1. The number of nitrogens with zero attached hydrogens (tertiary/aromatic N) is 2. The molecule has 9 heteroatoms. The van der Waals surface area contributed by atoms with Crippen molar-refractivity contribution in [3.63, 3.8) is 0 Å².